The number of aromatic nitrogens is 1. The molecule has 4 rings (SSSR count). The molecule has 1 aliphatic heterocycles. The zero-order valence-corrected chi connectivity index (χ0v) is 14.4. The molecule has 2 amide bonds. The summed E-state index contributed by atoms with van der Waals surface area (Å²) in [7, 11) is 0. The zero-order chi connectivity index (χ0) is 18.1. The van der Waals surface area contributed by atoms with Crippen LogP contribution in [0.1, 0.15) is 39.9 Å². The van der Waals surface area contributed by atoms with Crippen molar-refractivity contribution in [2.75, 3.05) is 6.54 Å². The molecule has 1 aromatic carbocycles. The summed E-state index contributed by atoms with van der Waals surface area (Å²) >= 11 is 0. The quantitative estimate of drug-likeness (QED) is 0.655. The highest BCUT2D eigenvalue weighted by molar-refractivity contribution is 5.93. The van der Waals surface area contributed by atoms with Gasteiger partial charge in [0.05, 0.1) is 0 Å². The molecule has 1 saturated heterocycles. The van der Waals surface area contributed by atoms with Gasteiger partial charge in [-0.2, -0.15) is 0 Å². The Morgan fingerprint density at radius 3 is 2.92 bits per heavy atom. The van der Waals surface area contributed by atoms with Crippen molar-refractivity contribution >= 4 is 11.8 Å². The van der Waals surface area contributed by atoms with E-state index in [0.29, 0.717) is 18.5 Å². The third-order valence-corrected chi connectivity index (χ3v) is 5.56. The smallest absolute Gasteiger partial charge is 0.274 e. The van der Waals surface area contributed by atoms with Gasteiger partial charge in [-0.25, -0.2) is 5.48 Å². The highest BCUT2D eigenvalue weighted by Crippen LogP contribution is 2.43. The molecule has 0 radical (unpaired) electrons. The van der Waals surface area contributed by atoms with Gasteiger partial charge in [-0.1, -0.05) is 12.1 Å². The van der Waals surface area contributed by atoms with Gasteiger partial charge in [0.15, 0.2) is 0 Å². The van der Waals surface area contributed by atoms with Crippen molar-refractivity contribution in [2.45, 2.75) is 32.2 Å². The van der Waals surface area contributed by atoms with E-state index in [4.69, 9.17) is 5.21 Å². The zero-order valence-electron chi connectivity index (χ0n) is 14.4. The number of nitrogens with zero attached hydrogens (tertiary/aromatic N) is 2. The van der Waals surface area contributed by atoms with Gasteiger partial charge in [0.25, 0.3) is 5.91 Å². The Bertz CT molecular complexity index is 853. The van der Waals surface area contributed by atoms with E-state index in [2.05, 4.69) is 4.98 Å². The maximum atomic E-state index is 12.6. The average Bonchev–Trinajstić information content (AvgIpc) is 2.96. The Morgan fingerprint density at radius 2 is 2.15 bits per heavy atom. The number of pyridine rings is 1. The molecule has 6 nitrogen and oxygen atoms in total. The summed E-state index contributed by atoms with van der Waals surface area (Å²) in [5, 5.41) is 8.79. The van der Waals surface area contributed by atoms with Gasteiger partial charge in [-0.05, 0) is 54.2 Å². The predicted octanol–water partition coefficient (Wildman–Crippen LogP) is 2.11. The molecule has 1 aliphatic carbocycles. The van der Waals surface area contributed by atoms with E-state index in [-0.39, 0.29) is 11.3 Å². The molecule has 1 atom stereocenters. The van der Waals surface area contributed by atoms with Crippen LogP contribution < -0.4 is 5.48 Å². The summed E-state index contributed by atoms with van der Waals surface area (Å²) in [4.78, 5) is 30.2. The Hall–Kier alpha value is -2.73. The van der Waals surface area contributed by atoms with E-state index < -0.39 is 5.91 Å². The van der Waals surface area contributed by atoms with Gasteiger partial charge in [0.2, 0.25) is 5.91 Å². The van der Waals surface area contributed by atoms with Crippen LogP contribution in [0.5, 0.6) is 0 Å². The lowest BCUT2D eigenvalue weighted by molar-refractivity contribution is -0.128. The van der Waals surface area contributed by atoms with Gasteiger partial charge < -0.3 is 4.90 Å². The van der Waals surface area contributed by atoms with Crippen molar-refractivity contribution in [3.63, 3.8) is 0 Å². The number of aryl methyl sites for hydroxylation is 1. The predicted molar refractivity (Wildman–Crippen MR) is 94.4 cm³/mol. The second-order valence-corrected chi connectivity index (χ2v) is 7.39. The normalized spacial score (nSPS) is 21.7. The number of benzene rings is 1. The van der Waals surface area contributed by atoms with Crippen molar-refractivity contribution in [1.29, 1.82) is 0 Å². The number of hydrogen-bond donors (Lipinski definition) is 2. The van der Waals surface area contributed by atoms with E-state index in [0.717, 1.165) is 36.9 Å². The lowest BCUT2D eigenvalue weighted by Gasteiger charge is -2.34. The van der Waals surface area contributed by atoms with Crippen molar-refractivity contribution in [1.82, 2.24) is 15.4 Å². The first-order chi connectivity index (χ1) is 12.6. The Balaban J connectivity index is 1.51. The SMILES string of the molecule is O=C(NO)c1ccc2c(c1)CCC1(CC(=O)N(Cc3cccnc3)C1)C2. The fourth-order valence-electron chi connectivity index (χ4n) is 4.25. The van der Waals surface area contributed by atoms with Crippen molar-refractivity contribution in [2.24, 2.45) is 5.41 Å². The van der Waals surface area contributed by atoms with E-state index in [1.165, 1.54) is 5.56 Å². The first-order valence-corrected chi connectivity index (χ1v) is 8.81. The minimum absolute atomic E-state index is 0.0208. The molecule has 1 fully saturated rings. The minimum Gasteiger partial charge on any atom is -0.338 e. The average molecular weight is 351 g/mol. The molecule has 134 valence electrons. The molecule has 2 aromatic rings. The summed E-state index contributed by atoms with van der Waals surface area (Å²) in [6, 6.07) is 9.42. The maximum Gasteiger partial charge on any atom is 0.274 e. The number of amides is 2. The number of carbonyl (C=O) groups excluding carboxylic acids is 2. The van der Waals surface area contributed by atoms with E-state index in [1.54, 1.807) is 17.7 Å². The first kappa shape index (κ1) is 16.7. The van der Waals surface area contributed by atoms with Crippen LogP contribution in [0, 0.1) is 5.41 Å². The summed E-state index contributed by atoms with van der Waals surface area (Å²) in [6.45, 7) is 1.37. The molecule has 2 heterocycles. The first-order valence-electron chi connectivity index (χ1n) is 8.81. The topological polar surface area (TPSA) is 82.5 Å². The number of carbonyl (C=O) groups is 2. The number of hydroxylamine groups is 1. The van der Waals surface area contributed by atoms with Crippen LogP contribution in [-0.4, -0.2) is 33.5 Å². The molecule has 2 N–H and O–H groups in total. The molecule has 26 heavy (non-hydrogen) atoms. The molecule has 1 unspecified atom stereocenters. The lowest BCUT2D eigenvalue weighted by atomic mass is 9.70. The van der Waals surface area contributed by atoms with Gasteiger partial charge in [0, 0.05) is 42.9 Å². The van der Waals surface area contributed by atoms with Crippen LogP contribution in [0.25, 0.3) is 0 Å². The highest BCUT2D eigenvalue weighted by atomic mass is 16.5. The summed E-state index contributed by atoms with van der Waals surface area (Å²) in [6.07, 6.45) is 6.74. The number of likely N-dealkylation sites (tertiary alicyclic amines) is 1. The lowest BCUT2D eigenvalue weighted by Crippen LogP contribution is -2.33. The summed E-state index contributed by atoms with van der Waals surface area (Å²) in [5.74, 6) is -0.291. The van der Waals surface area contributed by atoms with Crippen molar-refractivity contribution in [3.8, 4) is 0 Å². The number of nitrogens with one attached hydrogen (secondary N) is 1. The molecule has 0 saturated carbocycles. The highest BCUT2D eigenvalue weighted by Gasteiger charge is 2.44. The number of fused-ring (bicyclic) bond motifs is 1. The third-order valence-electron chi connectivity index (χ3n) is 5.56. The molecule has 2 aliphatic rings. The molecule has 0 bridgehead atoms. The maximum absolute atomic E-state index is 12.6. The molecule has 1 aromatic heterocycles. The summed E-state index contributed by atoms with van der Waals surface area (Å²) in [5.41, 5.74) is 5.50. The van der Waals surface area contributed by atoms with Crippen LogP contribution in [0.15, 0.2) is 42.7 Å². The second kappa shape index (κ2) is 6.53. The fraction of sp³-hybridized carbons (Fsp3) is 0.350. The van der Waals surface area contributed by atoms with Crippen molar-refractivity contribution < 1.29 is 14.8 Å². The van der Waals surface area contributed by atoms with E-state index >= 15 is 0 Å². The third kappa shape index (κ3) is 3.08. The minimum atomic E-state index is -0.494. The monoisotopic (exact) mass is 351 g/mol. The van der Waals surface area contributed by atoms with Crippen LogP contribution in [0.4, 0.5) is 0 Å². The fourth-order valence-corrected chi connectivity index (χ4v) is 4.25. The summed E-state index contributed by atoms with van der Waals surface area (Å²) < 4.78 is 0. The van der Waals surface area contributed by atoms with Crippen LogP contribution in [0.2, 0.25) is 0 Å². The van der Waals surface area contributed by atoms with Crippen LogP contribution in [-0.2, 0) is 24.2 Å². The number of hydrogen-bond acceptors (Lipinski definition) is 4. The van der Waals surface area contributed by atoms with Gasteiger partial charge >= 0.3 is 0 Å². The molecule has 6 heteroatoms. The van der Waals surface area contributed by atoms with Gasteiger partial charge in [-0.3, -0.25) is 19.8 Å². The van der Waals surface area contributed by atoms with Crippen LogP contribution >= 0.6 is 0 Å². The number of rotatable bonds is 3. The molecular formula is C20H21N3O3. The molecular weight excluding hydrogens is 330 g/mol. The van der Waals surface area contributed by atoms with Crippen molar-refractivity contribution in [3.05, 3.63) is 65.0 Å². The van der Waals surface area contributed by atoms with E-state index in [9.17, 15) is 9.59 Å². The second-order valence-electron chi connectivity index (χ2n) is 7.39. The Morgan fingerprint density at radius 1 is 1.27 bits per heavy atom. The van der Waals surface area contributed by atoms with Crippen LogP contribution in [0.3, 0.4) is 0 Å². The largest absolute Gasteiger partial charge is 0.338 e. The Kier molecular flexibility index (Phi) is 4.20. The van der Waals surface area contributed by atoms with Gasteiger partial charge in [0.1, 0.15) is 0 Å². The Labute approximate surface area is 151 Å². The van der Waals surface area contributed by atoms with E-state index in [1.807, 2.05) is 35.4 Å². The standard InChI is InChI=1S/C20H21N3O3/c24-18-10-20(13-23(18)12-14-2-1-7-21-11-14)6-5-15-8-16(19(25)22-26)3-4-17(15)9-20/h1-4,7-8,11,26H,5-6,9-10,12-13H2,(H,22,25). The molecule has 1 spiro atoms. The van der Waals surface area contributed by atoms with Gasteiger partial charge in [-0.15, -0.1) is 0 Å².